The molecule has 0 bridgehead atoms. The van der Waals surface area contributed by atoms with Crippen molar-refractivity contribution in [3.8, 4) is 0 Å². The first-order valence-electron chi connectivity index (χ1n) is 7.52. The molecule has 2 rings (SSSR count). The Bertz CT molecular complexity index is 407. The Morgan fingerprint density at radius 3 is 2.40 bits per heavy atom. The summed E-state index contributed by atoms with van der Waals surface area (Å²) in [5.41, 5.74) is 0. The maximum Gasteiger partial charge on any atom is 0.145 e. The Kier molecular flexibility index (Phi) is 6.53. The minimum Gasteiger partial charge on any atom is -0.369 e. The standard InChI is InChI=1S/C14H24BrN5/c1-2-6-16-13-12(15)14(19-11-18-13)17-7-10-20-8-4-3-5-9-20/h11H,2-10H2,1H3,(H2,16,17,18,19). The van der Waals surface area contributed by atoms with Crippen molar-refractivity contribution >= 4 is 27.6 Å². The molecule has 1 aromatic heterocycles. The molecule has 5 nitrogen and oxygen atoms in total. The van der Waals surface area contributed by atoms with Gasteiger partial charge in [0.25, 0.3) is 0 Å². The van der Waals surface area contributed by atoms with Gasteiger partial charge in [-0.1, -0.05) is 13.3 Å². The summed E-state index contributed by atoms with van der Waals surface area (Å²) in [7, 11) is 0. The van der Waals surface area contributed by atoms with E-state index >= 15 is 0 Å². The Labute approximate surface area is 129 Å². The quantitative estimate of drug-likeness (QED) is 0.798. The highest BCUT2D eigenvalue weighted by atomic mass is 79.9. The third kappa shape index (κ3) is 4.59. The van der Waals surface area contributed by atoms with E-state index in [1.54, 1.807) is 6.33 Å². The van der Waals surface area contributed by atoms with Crippen LogP contribution in [0.2, 0.25) is 0 Å². The number of halogens is 1. The monoisotopic (exact) mass is 341 g/mol. The second-order valence-corrected chi connectivity index (χ2v) is 5.93. The number of piperidine rings is 1. The van der Waals surface area contributed by atoms with E-state index in [2.05, 4.69) is 48.4 Å². The number of rotatable bonds is 7. The molecular weight excluding hydrogens is 318 g/mol. The second-order valence-electron chi connectivity index (χ2n) is 5.14. The van der Waals surface area contributed by atoms with Gasteiger partial charge in [0.05, 0.1) is 0 Å². The third-order valence-corrected chi connectivity index (χ3v) is 4.25. The fourth-order valence-electron chi connectivity index (χ4n) is 2.38. The molecule has 0 aromatic carbocycles. The highest BCUT2D eigenvalue weighted by molar-refractivity contribution is 9.10. The lowest BCUT2D eigenvalue weighted by atomic mass is 10.1. The van der Waals surface area contributed by atoms with E-state index in [1.165, 1.54) is 32.4 Å². The molecule has 0 amide bonds. The molecule has 0 aliphatic carbocycles. The molecule has 2 N–H and O–H groups in total. The molecule has 0 spiro atoms. The van der Waals surface area contributed by atoms with Gasteiger partial charge in [-0.2, -0.15) is 0 Å². The normalized spacial score (nSPS) is 16.1. The van der Waals surface area contributed by atoms with Crippen LogP contribution in [0.25, 0.3) is 0 Å². The first-order valence-corrected chi connectivity index (χ1v) is 8.31. The van der Waals surface area contributed by atoms with E-state index in [4.69, 9.17) is 0 Å². The molecule has 0 atom stereocenters. The van der Waals surface area contributed by atoms with E-state index in [0.717, 1.165) is 42.2 Å². The van der Waals surface area contributed by atoms with Crippen LogP contribution in [0.5, 0.6) is 0 Å². The van der Waals surface area contributed by atoms with Crippen LogP contribution in [0.3, 0.4) is 0 Å². The van der Waals surface area contributed by atoms with Crippen molar-refractivity contribution in [3.05, 3.63) is 10.8 Å². The molecule has 0 saturated carbocycles. The summed E-state index contributed by atoms with van der Waals surface area (Å²) in [6.45, 7) is 7.52. The Morgan fingerprint density at radius 1 is 1.10 bits per heavy atom. The van der Waals surface area contributed by atoms with Gasteiger partial charge in [0, 0.05) is 19.6 Å². The van der Waals surface area contributed by atoms with Gasteiger partial charge in [0.15, 0.2) is 0 Å². The summed E-state index contributed by atoms with van der Waals surface area (Å²) in [5.74, 6) is 1.73. The van der Waals surface area contributed by atoms with Crippen LogP contribution in [-0.4, -0.2) is 47.6 Å². The highest BCUT2D eigenvalue weighted by Crippen LogP contribution is 2.26. The maximum atomic E-state index is 4.30. The molecule has 2 heterocycles. The van der Waals surface area contributed by atoms with Crippen molar-refractivity contribution < 1.29 is 0 Å². The molecule has 0 unspecified atom stereocenters. The summed E-state index contributed by atoms with van der Waals surface area (Å²) >= 11 is 3.57. The van der Waals surface area contributed by atoms with Crippen LogP contribution in [0.1, 0.15) is 32.6 Å². The fraction of sp³-hybridized carbons (Fsp3) is 0.714. The smallest absolute Gasteiger partial charge is 0.145 e. The topological polar surface area (TPSA) is 53.1 Å². The number of likely N-dealkylation sites (tertiary alicyclic amines) is 1. The van der Waals surface area contributed by atoms with Crippen LogP contribution in [0.15, 0.2) is 10.8 Å². The SMILES string of the molecule is CCCNc1ncnc(NCCN2CCCCC2)c1Br. The van der Waals surface area contributed by atoms with Crippen LogP contribution in [0, 0.1) is 0 Å². The molecule has 1 fully saturated rings. The molecular formula is C14H24BrN5. The zero-order chi connectivity index (χ0) is 14.2. The van der Waals surface area contributed by atoms with Crippen LogP contribution < -0.4 is 10.6 Å². The van der Waals surface area contributed by atoms with Crippen molar-refractivity contribution in [2.75, 3.05) is 43.4 Å². The van der Waals surface area contributed by atoms with Crippen molar-refractivity contribution in [1.29, 1.82) is 0 Å². The van der Waals surface area contributed by atoms with Gasteiger partial charge in [-0.3, -0.25) is 0 Å². The second kappa shape index (κ2) is 8.42. The Hall–Kier alpha value is -0.880. The number of nitrogens with one attached hydrogen (secondary N) is 2. The maximum absolute atomic E-state index is 4.30. The lowest BCUT2D eigenvalue weighted by Gasteiger charge is -2.26. The molecule has 1 saturated heterocycles. The average Bonchev–Trinajstić information content (AvgIpc) is 2.49. The number of aromatic nitrogens is 2. The van der Waals surface area contributed by atoms with Crippen LogP contribution in [-0.2, 0) is 0 Å². The summed E-state index contributed by atoms with van der Waals surface area (Å²) in [5, 5.41) is 6.69. The third-order valence-electron chi connectivity index (χ3n) is 3.50. The van der Waals surface area contributed by atoms with E-state index < -0.39 is 0 Å². The minimum absolute atomic E-state index is 0.863. The van der Waals surface area contributed by atoms with Gasteiger partial charge in [-0.25, -0.2) is 9.97 Å². The van der Waals surface area contributed by atoms with E-state index in [9.17, 15) is 0 Å². The summed E-state index contributed by atoms with van der Waals surface area (Å²) in [6, 6.07) is 0. The zero-order valence-corrected chi connectivity index (χ0v) is 13.7. The Morgan fingerprint density at radius 2 is 1.75 bits per heavy atom. The predicted octanol–water partition coefficient (Wildman–Crippen LogP) is 2.96. The van der Waals surface area contributed by atoms with Crippen LogP contribution >= 0.6 is 15.9 Å². The average molecular weight is 342 g/mol. The van der Waals surface area contributed by atoms with Gasteiger partial charge >= 0.3 is 0 Å². The van der Waals surface area contributed by atoms with Crippen molar-refractivity contribution in [2.45, 2.75) is 32.6 Å². The Balaban J connectivity index is 1.82. The van der Waals surface area contributed by atoms with Gasteiger partial charge < -0.3 is 15.5 Å². The molecule has 0 radical (unpaired) electrons. The highest BCUT2D eigenvalue weighted by Gasteiger charge is 2.11. The number of hydrogen-bond acceptors (Lipinski definition) is 5. The number of anilines is 2. The molecule has 20 heavy (non-hydrogen) atoms. The molecule has 1 aliphatic heterocycles. The lowest BCUT2D eigenvalue weighted by Crippen LogP contribution is -2.33. The summed E-state index contributed by atoms with van der Waals surface area (Å²) in [6.07, 6.45) is 6.73. The lowest BCUT2D eigenvalue weighted by molar-refractivity contribution is 0.237. The zero-order valence-electron chi connectivity index (χ0n) is 12.2. The van der Waals surface area contributed by atoms with E-state index in [1.807, 2.05) is 0 Å². The minimum atomic E-state index is 0.863. The molecule has 1 aliphatic rings. The predicted molar refractivity (Wildman–Crippen MR) is 87.3 cm³/mol. The van der Waals surface area contributed by atoms with E-state index in [0.29, 0.717) is 0 Å². The van der Waals surface area contributed by atoms with Crippen LogP contribution in [0.4, 0.5) is 11.6 Å². The first-order chi connectivity index (χ1) is 9.81. The van der Waals surface area contributed by atoms with Gasteiger partial charge in [0.1, 0.15) is 22.4 Å². The summed E-state index contributed by atoms with van der Waals surface area (Å²) in [4.78, 5) is 11.1. The van der Waals surface area contributed by atoms with Crippen molar-refractivity contribution in [2.24, 2.45) is 0 Å². The first kappa shape index (κ1) is 15.5. The largest absolute Gasteiger partial charge is 0.369 e. The number of hydrogen-bond donors (Lipinski definition) is 2. The summed E-state index contributed by atoms with van der Waals surface area (Å²) < 4.78 is 0.923. The van der Waals surface area contributed by atoms with E-state index in [-0.39, 0.29) is 0 Å². The van der Waals surface area contributed by atoms with Crippen molar-refractivity contribution in [3.63, 3.8) is 0 Å². The van der Waals surface area contributed by atoms with Crippen molar-refractivity contribution in [1.82, 2.24) is 14.9 Å². The fourth-order valence-corrected chi connectivity index (χ4v) is 2.86. The van der Waals surface area contributed by atoms with Gasteiger partial charge in [0.2, 0.25) is 0 Å². The molecule has 112 valence electrons. The number of nitrogens with zero attached hydrogens (tertiary/aromatic N) is 3. The molecule has 6 heteroatoms. The molecule has 1 aromatic rings. The van der Waals surface area contributed by atoms with Gasteiger partial charge in [-0.05, 0) is 48.3 Å². The van der Waals surface area contributed by atoms with Gasteiger partial charge in [-0.15, -0.1) is 0 Å².